The van der Waals surface area contributed by atoms with Crippen molar-refractivity contribution < 1.29 is 14.7 Å². The van der Waals surface area contributed by atoms with Crippen LogP contribution in [-0.2, 0) is 9.59 Å². The Morgan fingerprint density at radius 3 is 2.67 bits per heavy atom. The molecule has 18 heavy (non-hydrogen) atoms. The number of amides is 1. The molecule has 5 heteroatoms. The number of fused-ring (bicyclic) bond motifs is 1. The molecule has 0 aromatic carbocycles. The Morgan fingerprint density at radius 2 is 2.00 bits per heavy atom. The van der Waals surface area contributed by atoms with Crippen LogP contribution in [0.5, 0.6) is 0 Å². The molecule has 0 spiro atoms. The molecule has 3 unspecified atom stereocenters. The zero-order chi connectivity index (χ0) is 13.3. The summed E-state index contributed by atoms with van der Waals surface area (Å²) in [7, 11) is 0. The van der Waals surface area contributed by atoms with Gasteiger partial charge in [-0.25, -0.2) is 0 Å². The van der Waals surface area contributed by atoms with Crippen molar-refractivity contribution in [3.8, 4) is 0 Å². The van der Waals surface area contributed by atoms with Gasteiger partial charge in [-0.15, -0.1) is 0 Å². The van der Waals surface area contributed by atoms with Gasteiger partial charge in [-0.2, -0.15) is 0 Å². The van der Waals surface area contributed by atoms with Gasteiger partial charge in [-0.3, -0.25) is 14.5 Å². The van der Waals surface area contributed by atoms with Gasteiger partial charge >= 0.3 is 5.97 Å². The van der Waals surface area contributed by atoms with Gasteiger partial charge in [-0.05, 0) is 33.2 Å². The number of piperidine rings is 1. The largest absolute Gasteiger partial charge is 0.481 e. The topological polar surface area (TPSA) is 60.9 Å². The number of carbonyl (C=O) groups excluding carboxylic acids is 1. The standard InChI is InChI=1S/C13H22N2O3/c1-9-7-14-6-4-3-5-11(14)8-15(9)12(16)10(2)13(17)18/h9-11H,3-8H2,1-2H3,(H,17,18). The van der Waals surface area contributed by atoms with Crippen LogP contribution < -0.4 is 0 Å². The van der Waals surface area contributed by atoms with E-state index in [9.17, 15) is 9.59 Å². The minimum Gasteiger partial charge on any atom is -0.481 e. The minimum absolute atomic E-state index is 0.119. The molecule has 1 amide bonds. The quantitative estimate of drug-likeness (QED) is 0.740. The Bertz CT molecular complexity index is 345. The van der Waals surface area contributed by atoms with E-state index in [4.69, 9.17) is 5.11 Å². The smallest absolute Gasteiger partial charge is 0.315 e. The van der Waals surface area contributed by atoms with Crippen LogP contribution in [0.15, 0.2) is 0 Å². The molecule has 2 saturated heterocycles. The third kappa shape index (κ3) is 2.51. The third-order valence-electron chi connectivity index (χ3n) is 4.21. The van der Waals surface area contributed by atoms with E-state index in [1.165, 1.54) is 19.8 Å². The molecule has 102 valence electrons. The predicted octanol–water partition coefficient (Wildman–Crippen LogP) is 0.792. The van der Waals surface area contributed by atoms with Gasteiger partial charge in [0.25, 0.3) is 0 Å². The van der Waals surface area contributed by atoms with Crippen LogP contribution in [0.2, 0.25) is 0 Å². The Hall–Kier alpha value is -1.10. The molecule has 0 aromatic rings. The Kier molecular flexibility index (Phi) is 3.90. The van der Waals surface area contributed by atoms with E-state index in [1.54, 1.807) is 4.90 Å². The summed E-state index contributed by atoms with van der Waals surface area (Å²) in [6.07, 6.45) is 3.58. The van der Waals surface area contributed by atoms with Crippen molar-refractivity contribution in [2.75, 3.05) is 19.6 Å². The highest BCUT2D eigenvalue weighted by Crippen LogP contribution is 2.25. The normalized spacial score (nSPS) is 30.7. The van der Waals surface area contributed by atoms with Crippen molar-refractivity contribution in [1.82, 2.24) is 9.80 Å². The molecule has 0 saturated carbocycles. The van der Waals surface area contributed by atoms with Gasteiger partial charge in [0.2, 0.25) is 5.91 Å². The molecule has 0 radical (unpaired) electrons. The number of hydrogen-bond acceptors (Lipinski definition) is 3. The lowest BCUT2D eigenvalue weighted by molar-refractivity contribution is -0.153. The van der Waals surface area contributed by atoms with Crippen LogP contribution in [0.1, 0.15) is 33.1 Å². The van der Waals surface area contributed by atoms with Gasteiger partial charge in [0.05, 0.1) is 0 Å². The van der Waals surface area contributed by atoms with Crippen LogP contribution in [0.4, 0.5) is 0 Å². The summed E-state index contributed by atoms with van der Waals surface area (Å²) in [5.74, 6) is -2.19. The third-order valence-corrected chi connectivity index (χ3v) is 4.21. The molecule has 1 N–H and O–H groups in total. The SMILES string of the molecule is CC(C(=O)O)C(=O)N1CC2CCCCN2CC1C. The fourth-order valence-electron chi connectivity index (χ4n) is 3.01. The van der Waals surface area contributed by atoms with Crippen molar-refractivity contribution in [3.05, 3.63) is 0 Å². The number of hydrogen-bond donors (Lipinski definition) is 1. The fourth-order valence-corrected chi connectivity index (χ4v) is 3.01. The van der Waals surface area contributed by atoms with E-state index < -0.39 is 11.9 Å². The van der Waals surface area contributed by atoms with Crippen LogP contribution >= 0.6 is 0 Å². The summed E-state index contributed by atoms with van der Waals surface area (Å²) in [6.45, 7) is 6.17. The van der Waals surface area contributed by atoms with E-state index >= 15 is 0 Å². The van der Waals surface area contributed by atoms with Crippen molar-refractivity contribution in [1.29, 1.82) is 0 Å². The maximum atomic E-state index is 12.2. The average molecular weight is 254 g/mol. The van der Waals surface area contributed by atoms with E-state index in [-0.39, 0.29) is 11.9 Å². The number of carboxylic acids is 1. The number of carboxylic acid groups (broad SMARTS) is 1. The number of piperazine rings is 1. The van der Waals surface area contributed by atoms with Crippen molar-refractivity contribution in [3.63, 3.8) is 0 Å². The molecular weight excluding hydrogens is 232 g/mol. The van der Waals surface area contributed by atoms with Gasteiger partial charge in [0.15, 0.2) is 0 Å². The molecule has 2 fully saturated rings. The summed E-state index contributed by atoms with van der Waals surface area (Å²) in [5.41, 5.74) is 0. The second kappa shape index (κ2) is 5.26. The number of aliphatic carboxylic acids is 1. The molecule has 2 aliphatic rings. The summed E-state index contributed by atoms with van der Waals surface area (Å²) in [4.78, 5) is 27.3. The van der Waals surface area contributed by atoms with Crippen molar-refractivity contribution in [2.24, 2.45) is 5.92 Å². The monoisotopic (exact) mass is 254 g/mol. The minimum atomic E-state index is -1.03. The molecular formula is C13H22N2O3. The Labute approximate surface area is 108 Å². The highest BCUT2D eigenvalue weighted by atomic mass is 16.4. The molecule has 5 nitrogen and oxygen atoms in total. The first-order valence-electron chi connectivity index (χ1n) is 6.78. The van der Waals surface area contributed by atoms with Crippen molar-refractivity contribution >= 4 is 11.9 Å². The Morgan fingerprint density at radius 1 is 1.28 bits per heavy atom. The summed E-state index contributed by atoms with van der Waals surface area (Å²) >= 11 is 0. The fraction of sp³-hybridized carbons (Fsp3) is 0.846. The lowest BCUT2D eigenvalue weighted by atomic mass is 9.96. The predicted molar refractivity (Wildman–Crippen MR) is 67.2 cm³/mol. The maximum Gasteiger partial charge on any atom is 0.315 e. The first-order chi connectivity index (χ1) is 8.50. The molecule has 3 atom stereocenters. The van der Waals surface area contributed by atoms with Crippen LogP contribution in [-0.4, -0.2) is 58.5 Å². The van der Waals surface area contributed by atoms with E-state index in [0.717, 1.165) is 19.5 Å². The second-order valence-electron chi connectivity index (χ2n) is 5.54. The lowest BCUT2D eigenvalue weighted by Crippen LogP contribution is -2.61. The number of rotatable bonds is 2. The van der Waals surface area contributed by atoms with Crippen LogP contribution in [0.3, 0.4) is 0 Å². The van der Waals surface area contributed by atoms with Gasteiger partial charge in [0, 0.05) is 25.2 Å². The van der Waals surface area contributed by atoms with E-state index in [1.807, 2.05) is 6.92 Å². The molecule has 2 rings (SSSR count). The highest BCUT2D eigenvalue weighted by molar-refractivity contribution is 5.96. The maximum absolute atomic E-state index is 12.2. The second-order valence-corrected chi connectivity index (χ2v) is 5.54. The summed E-state index contributed by atoms with van der Waals surface area (Å²) < 4.78 is 0. The van der Waals surface area contributed by atoms with Gasteiger partial charge in [0.1, 0.15) is 5.92 Å². The molecule has 0 aromatic heterocycles. The zero-order valence-corrected chi connectivity index (χ0v) is 11.1. The van der Waals surface area contributed by atoms with Crippen LogP contribution in [0.25, 0.3) is 0 Å². The van der Waals surface area contributed by atoms with E-state index in [2.05, 4.69) is 4.90 Å². The Balaban J connectivity index is 2.04. The van der Waals surface area contributed by atoms with E-state index in [0.29, 0.717) is 12.6 Å². The molecule has 0 bridgehead atoms. The molecule has 2 aliphatic heterocycles. The van der Waals surface area contributed by atoms with Gasteiger partial charge < -0.3 is 10.0 Å². The van der Waals surface area contributed by atoms with Gasteiger partial charge in [-0.1, -0.05) is 6.42 Å². The highest BCUT2D eigenvalue weighted by Gasteiger charge is 2.37. The molecule has 0 aliphatic carbocycles. The number of carbonyl (C=O) groups is 2. The van der Waals surface area contributed by atoms with Crippen LogP contribution in [0, 0.1) is 5.92 Å². The van der Waals surface area contributed by atoms with Crippen molar-refractivity contribution in [2.45, 2.75) is 45.2 Å². The number of nitrogens with zero attached hydrogens (tertiary/aromatic N) is 2. The lowest BCUT2D eigenvalue weighted by Gasteiger charge is -2.47. The summed E-state index contributed by atoms with van der Waals surface area (Å²) in [5, 5.41) is 8.94. The molecule has 2 heterocycles. The zero-order valence-electron chi connectivity index (χ0n) is 11.1. The summed E-state index contributed by atoms with van der Waals surface area (Å²) in [6, 6.07) is 0.550. The first kappa shape index (κ1) is 13.3. The first-order valence-corrected chi connectivity index (χ1v) is 6.78. The average Bonchev–Trinajstić information content (AvgIpc) is 2.36.